The fraction of sp³-hybridized carbons (Fsp3) is 0.143. The molecule has 1 N–H and O–H groups in total. The zero-order valence-electron chi connectivity index (χ0n) is 5.50. The Balaban J connectivity index is 3.34. The Morgan fingerprint density at radius 3 is 2.40 bits per heavy atom. The third-order valence-corrected chi connectivity index (χ3v) is 2.43. The van der Waals surface area contributed by atoms with Crippen molar-refractivity contribution >= 4 is 25.3 Å². The predicted molar refractivity (Wildman–Crippen MR) is 47.3 cm³/mol. The summed E-state index contributed by atoms with van der Waals surface area (Å²) < 4.78 is 0. The minimum absolute atomic E-state index is 0.207. The van der Waals surface area contributed by atoms with Gasteiger partial charge in [0.2, 0.25) is 0 Å². The molecule has 0 aliphatic carbocycles. The van der Waals surface area contributed by atoms with Crippen LogP contribution in [0.15, 0.2) is 21.9 Å². The average molecular weight is 172 g/mol. The van der Waals surface area contributed by atoms with Gasteiger partial charge in [-0.05, 0) is 24.6 Å². The molecule has 0 unspecified atom stereocenters. The lowest BCUT2D eigenvalue weighted by Gasteiger charge is -2.03. The number of thiol groups is 2. The standard InChI is InChI=1S/C7H8OS2/c1-4-6(9)3-2-5(8)7(4)10/h2-3,8-10H,1H3. The molecule has 0 bridgehead atoms. The van der Waals surface area contributed by atoms with Crippen LogP contribution in [0.1, 0.15) is 5.56 Å². The summed E-state index contributed by atoms with van der Waals surface area (Å²) >= 11 is 8.24. The summed E-state index contributed by atoms with van der Waals surface area (Å²) in [7, 11) is 0. The maximum atomic E-state index is 9.11. The highest BCUT2D eigenvalue weighted by atomic mass is 32.1. The van der Waals surface area contributed by atoms with Crippen molar-refractivity contribution in [2.24, 2.45) is 0 Å². The molecule has 0 fully saturated rings. The molecule has 0 saturated heterocycles. The Morgan fingerprint density at radius 1 is 1.30 bits per heavy atom. The predicted octanol–water partition coefficient (Wildman–Crippen LogP) is 2.28. The van der Waals surface area contributed by atoms with Crippen molar-refractivity contribution in [2.45, 2.75) is 16.7 Å². The van der Waals surface area contributed by atoms with Crippen molar-refractivity contribution in [3.05, 3.63) is 17.7 Å². The van der Waals surface area contributed by atoms with Gasteiger partial charge in [-0.2, -0.15) is 0 Å². The van der Waals surface area contributed by atoms with E-state index in [-0.39, 0.29) is 5.75 Å². The average Bonchev–Trinajstić information content (AvgIpc) is 1.93. The van der Waals surface area contributed by atoms with E-state index < -0.39 is 0 Å². The lowest BCUT2D eigenvalue weighted by molar-refractivity contribution is 0.461. The smallest absolute Gasteiger partial charge is 0.129 e. The Labute approximate surface area is 70.9 Å². The summed E-state index contributed by atoms with van der Waals surface area (Å²) in [4.78, 5) is 1.45. The Bertz CT molecular complexity index is 231. The van der Waals surface area contributed by atoms with Gasteiger partial charge in [0.25, 0.3) is 0 Å². The summed E-state index contributed by atoms with van der Waals surface area (Å²) in [5.74, 6) is 0.207. The lowest BCUT2D eigenvalue weighted by Crippen LogP contribution is -1.79. The van der Waals surface area contributed by atoms with Crippen molar-refractivity contribution in [3.8, 4) is 5.75 Å². The van der Waals surface area contributed by atoms with Gasteiger partial charge in [-0.25, -0.2) is 0 Å². The minimum Gasteiger partial charge on any atom is -0.507 e. The monoisotopic (exact) mass is 172 g/mol. The van der Waals surface area contributed by atoms with Crippen molar-refractivity contribution in [2.75, 3.05) is 0 Å². The summed E-state index contributed by atoms with van der Waals surface area (Å²) in [6, 6.07) is 3.32. The molecule has 0 saturated carbocycles. The molecule has 1 rings (SSSR count). The molecular formula is C7H8OS2. The van der Waals surface area contributed by atoms with E-state index in [2.05, 4.69) is 25.3 Å². The van der Waals surface area contributed by atoms with Gasteiger partial charge in [0.05, 0.1) is 4.90 Å². The zero-order chi connectivity index (χ0) is 7.72. The fourth-order valence-electron chi connectivity index (χ4n) is 0.675. The molecule has 0 atom stereocenters. The van der Waals surface area contributed by atoms with E-state index in [0.717, 1.165) is 10.5 Å². The molecular weight excluding hydrogens is 164 g/mol. The van der Waals surface area contributed by atoms with E-state index in [1.807, 2.05) is 6.92 Å². The second kappa shape index (κ2) is 2.76. The summed E-state index contributed by atoms with van der Waals surface area (Å²) in [6.45, 7) is 1.87. The van der Waals surface area contributed by atoms with Crippen molar-refractivity contribution in [1.82, 2.24) is 0 Å². The van der Waals surface area contributed by atoms with Crippen LogP contribution in [0.4, 0.5) is 0 Å². The number of hydrogen-bond acceptors (Lipinski definition) is 3. The van der Waals surface area contributed by atoms with Gasteiger partial charge in [-0.1, -0.05) is 0 Å². The first-order valence-electron chi connectivity index (χ1n) is 2.83. The second-order valence-electron chi connectivity index (χ2n) is 2.08. The first-order valence-corrected chi connectivity index (χ1v) is 3.73. The van der Waals surface area contributed by atoms with Gasteiger partial charge in [0.15, 0.2) is 0 Å². The number of rotatable bonds is 0. The van der Waals surface area contributed by atoms with E-state index >= 15 is 0 Å². The molecule has 0 aliphatic rings. The number of aromatic hydroxyl groups is 1. The molecule has 0 aliphatic heterocycles. The SMILES string of the molecule is Cc1c(S)ccc(O)c1S. The number of phenolic OH excluding ortho intramolecular Hbond substituents is 1. The Hall–Kier alpha value is -0.280. The molecule has 0 heterocycles. The third kappa shape index (κ3) is 1.25. The molecule has 1 aromatic carbocycles. The summed E-state index contributed by atoms with van der Waals surface area (Å²) in [5.41, 5.74) is 0.909. The molecule has 54 valence electrons. The highest BCUT2D eigenvalue weighted by molar-refractivity contribution is 7.81. The molecule has 0 amide bonds. The highest BCUT2D eigenvalue weighted by Crippen LogP contribution is 2.28. The van der Waals surface area contributed by atoms with E-state index in [1.54, 1.807) is 12.1 Å². The van der Waals surface area contributed by atoms with Crippen LogP contribution in [0.3, 0.4) is 0 Å². The van der Waals surface area contributed by atoms with Crippen molar-refractivity contribution in [1.29, 1.82) is 0 Å². The van der Waals surface area contributed by atoms with Crippen LogP contribution in [-0.4, -0.2) is 5.11 Å². The maximum Gasteiger partial charge on any atom is 0.129 e. The van der Waals surface area contributed by atoms with E-state index in [0.29, 0.717) is 4.90 Å². The van der Waals surface area contributed by atoms with E-state index in [1.165, 1.54) is 0 Å². The molecule has 0 spiro atoms. The van der Waals surface area contributed by atoms with Gasteiger partial charge in [-0.3, -0.25) is 0 Å². The van der Waals surface area contributed by atoms with Crippen LogP contribution >= 0.6 is 25.3 Å². The number of hydrogen-bond donors (Lipinski definition) is 3. The summed E-state index contributed by atoms with van der Waals surface area (Å²) in [5, 5.41) is 9.11. The van der Waals surface area contributed by atoms with Gasteiger partial charge in [0, 0.05) is 4.90 Å². The zero-order valence-corrected chi connectivity index (χ0v) is 7.29. The topological polar surface area (TPSA) is 20.2 Å². The van der Waals surface area contributed by atoms with Crippen LogP contribution in [0.5, 0.6) is 5.75 Å². The first-order chi connectivity index (χ1) is 4.63. The third-order valence-electron chi connectivity index (χ3n) is 1.38. The van der Waals surface area contributed by atoms with Crippen LogP contribution < -0.4 is 0 Å². The number of phenols is 1. The minimum atomic E-state index is 0.207. The molecule has 1 aromatic rings. The second-order valence-corrected chi connectivity index (χ2v) is 3.01. The Kier molecular flexibility index (Phi) is 2.16. The Morgan fingerprint density at radius 2 is 1.90 bits per heavy atom. The van der Waals surface area contributed by atoms with Gasteiger partial charge in [0.1, 0.15) is 5.75 Å². The van der Waals surface area contributed by atoms with Gasteiger partial charge >= 0.3 is 0 Å². The normalized spacial score (nSPS) is 9.90. The molecule has 0 aromatic heterocycles. The molecule has 3 heteroatoms. The van der Waals surface area contributed by atoms with Crippen LogP contribution in [0, 0.1) is 6.92 Å². The van der Waals surface area contributed by atoms with Crippen molar-refractivity contribution < 1.29 is 5.11 Å². The van der Waals surface area contributed by atoms with Crippen LogP contribution in [0.2, 0.25) is 0 Å². The molecule has 10 heavy (non-hydrogen) atoms. The van der Waals surface area contributed by atoms with Crippen LogP contribution in [0.25, 0.3) is 0 Å². The largest absolute Gasteiger partial charge is 0.507 e. The van der Waals surface area contributed by atoms with E-state index in [9.17, 15) is 0 Å². The molecule has 1 nitrogen and oxygen atoms in total. The van der Waals surface area contributed by atoms with Gasteiger partial charge < -0.3 is 5.11 Å². The summed E-state index contributed by atoms with van der Waals surface area (Å²) in [6.07, 6.45) is 0. The maximum absolute atomic E-state index is 9.11. The van der Waals surface area contributed by atoms with Crippen molar-refractivity contribution in [3.63, 3.8) is 0 Å². The van der Waals surface area contributed by atoms with Crippen LogP contribution in [-0.2, 0) is 0 Å². The highest BCUT2D eigenvalue weighted by Gasteiger charge is 2.01. The lowest BCUT2D eigenvalue weighted by atomic mass is 10.2. The molecule has 0 radical (unpaired) electrons. The van der Waals surface area contributed by atoms with Gasteiger partial charge in [-0.15, -0.1) is 25.3 Å². The first kappa shape index (κ1) is 7.82. The fourth-order valence-corrected chi connectivity index (χ4v) is 1.14. The van der Waals surface area contributed by atoms with E-state index in [4.69, 9.17) is 5.11 Å². The number of benzene rings is 1. The quantitative estimate of drug-likeness (QED) is 0.513.